The van der Waals surface area contributed by atoms with E-state index >= 15 is 0 Å². The van der Waals surface area contributed by atoms with Gasteiger partial charge in [-0.05, 0) is 51.2 Å². The Morgan fingerprint density at radius 3 is 2.40 bits per heavy atom. The average Bonchev–Trinajstić information content (AvgIpc) is 1.82. The molecule has 0 aliphatic carbocycles. The van der Waals surface area contributed by atoms with Gasteiger partial charge in [-0.25, -0.2) is 4.39 Å². The predicted octanol–water partition coefficient (Wildman–Crippen LogP) is 1.29. The van der Waals surface area contributed by atoms with Crippen LogP contribution in [-0.2, 0) is 0 Å². The molecule has 1 aromatic carbocycles. The molecule has 0 amide bonds. The largest absolute Gasteiger partial charge is 0.206 e. The molecular formula is C6H4BFI2. The van der Waals surface area contributed by atoms with Crippen LogP contribution in [0.1, 0.15) is 0 Å². The molecular weight excluding hydrogens is 356 g/mol. The number of halogens is 3. The van der Waals surface area contributed by atoms with Gasteiger partial charge in [0.2, 0.25) is 0 Å². The van der Waals surface area contributed by atoms with Gasteiger partial charge in [0.15, 0.2) is 0 Å². The van der Waals surface area contributed by atoms with Crippen LogP contribution < -0.4 is 5.46 Å². The number of hydrogen-bond donors (Lipinski definition) is 0. The van der Waals surface area contributed by atoms with Crippen LogP contribution in [0.15, 0.2) is 12.1 Å². The zero-order valence-corrected chi connectivity index (χ0v) is 9.60. The second-order valence-corrected chi connectivity index (χ2v) is 4.28. The lowest BCUT2D eigenvalue weighted by molar-refractivity contribution is 0.620. The van der Waals surface area contributed by atoms with Gasteiger partial charge < -0.3 is 0 Å². The molecule has 0 aromatic heterocycles. The smallest absolute Gasteiger partial charge is 0.139 e. The molecule has 0 spiro atoms. The van der Waals surface area contributed by atoms with Crippen molar-refractivity contribution in [2.24, 2.45) is 0 Å². The summed E-state index contributed by atoms with van der Waals surface area (Å²) in [6.07, 6.45) is 0. The summed E-state index contributed by atoms with van der Waals surface area (Å²) in [6, 6.07) is 3.51. The van der Waals surface area contributed by atoms with E-state index in [0.717, 1.165) is 9.03 Å². The fraction of sp³-hybridized carbons (Fsp3) is 0. The van der Waals surface area contributed by atoms with E-state index in [0.29, 0.717) is 3.57 Å². The standard InChI is InChI=1S/C6H4BFI2/c7-3-1-4(8)6(10)5(9)2-3/h1-2H,7H2. The van der Waals surface area contributed by atoms with E-state index in [2.05, 4.69) is 22.6 Å². The Balaban J connectivity index is 3.31. The zero-order valence-electron chi connectivity index (χ0n) is 5.29. The van der Waals surface area contributed by atoms with Crippen molar-refractivity contribution in [3.8, 4) is 0 Å². The second kappa shape index (κ2) is 3.38. The predicted molar refractivity (Wildman–Crippen MR) is 60.0 cm³/mol. The number of hydrogen-bond acceptors (Lipinski definition) is 0. The Hall–Kier alpha value is 0.675. The summed E-state index contributed by atoms with van der Waals surface area (Å²) < 4.78 is 14.5. The average molecular weight is 360 g/mol. The molecule has 4 heteroatoms. The van der Waals surface area contributed by atoms with Gasteiger partial charge in [0.05, 0.1) is 3.57 Å². The molecule has 0 heterocycles. The molecule has 0 saturated heterocycles. The molecule has 10 heavy (non-hydrogen) atoms. The van der Waals surface area contributed by atoms with Crippen molar-refractivity contribution in [2.75, 3.05) is 0 Å². The molecule has 0 unspecified atom stereocenters. The fourth-order valence-corrected chi connectivity index (χ4v) is 1.74. The molecule has 0 atom stereocenters. The monoisotopic (exact) mass is 360 g/mol. The summed E-state index contributed by atoms with van der Waals surface area (Å²) in [4.78, 5) is 0. The molecule has 0 nitrogen and oxygen atoms in total. The first kappa shape index (κ1) is 8.77. The van der Waals surface area contributed by atoms with Crippen LogP contribution in [0, 0.1) is 13.0 Å². The van der Waals surface area contributed by atoms with Crippen molar-refractivity contribution in [3.63, 3.8) is 0 Å². The van der Waals surface area contributed by atoms with Crippen LogP contribution in [0.4, 0.5) is 4.39 Å². The molecule has 0 N–H and O–H groups in total. The van der Waals surface area contributed by atoms with Crippen LogP contribution in [0.5, 0.6) is 0 Å². The fourth-order valence-electron chi connectivity index (χ4n) is 0.682. The normalized spacial score (nSPS) is 9.90. The number of benzene rings is 1. The molecule has 0 aliphatic heterocycles. The van der Waals surface area contributed by atoms with Crippen LogP contribution in [0.2, 0.25) is 0 Å². The van der Waals surface area contributed by atoms with Crippen molar-refractivity contribution in [3.05, 3.63) is 25.1 Å². The topological polar surface area (TPSA) is 0 Å². The summed E-state index contributed by atoms with van der Waals surface area (Å²) in [5.74, 6) is -0.120. The van der Waals surface area contributed by atoms with Gasteiger partial charge in [-0.1, -0.05) is 11.5 Å². The quantitative estimate of drug-likeness (QED) is 0.372. The third-order valence-electron chi connectivity index (χ3n) is 1.13. The first-order chi connectivity index (χ1) is 4.61. The minimum atomic E-state index is -0.120. The summed E-state index contributed by atoms with van der Waals surface area (Å²) in [5.41, 5.74) is 0.974. The highest BCUT2D eigenvalue weighted by molar-refractivity contribution is 14.1. The lowest BCUT2D eigenvalue weighted by Crippen LogP contribution is -2.05. The SMILES string of the molecule is Bc1cc(F)c(I)c(I)c1. The zero-order chi connectivity index (χ0) is 7.72. The van der Waals surface area contributed by atoms with E-state index in [1.807, 2.05) is 36.5 Å². The Kier molecular flexibility index (Phi) is 2.96. The van der Waals surface area contributed by atoms with Gasteiger partial charge in [0, 0.05) is 3.57 Å². The van der Waals surface area contributed by atoms with Crippen molar-refractivity contribution in [2.45, 2.75) is 0 Å². The van der Waals surface area contributed by atoms with Gasteiger partial charge in [0.25, 0.3) is 0 Å². The Morgan fingerprint density at radius 2 is 1.90 bits per heavy atom. The van der Waals surface area contributed by atoms with Crippen molar-refractivity contribution in [1.29, 1.82) is 0 Å². The summed E-state index contributed by atoms with van der Waals surface area (Å²) in [7, 11) is 1.89. The van der Waals surface area contributed by atoms with Crippen LogP contribution in [0.3, 0.4) is 0 Å². The molecule has 0 radical (unpaired) electrons. The minimum absolute atomic E-state index is 0.120. The maximum absolute atomic E-state index is 12.8. The van der Waals surface area contributed by atoms with Crippen LogP contribution >= 0.6 is 45.2 Å². The van der Waals surface area contributed by atoms with E-state index < -0.39 is 0 Å². The lowest BCUT2D eigenvalue weighted by Gasteiger charge is -1.98. The summed E-state index contributed by atoms with van der Waals surface area (Å²) in [6.45, 7) is 0. The van der Waals surface area contributed by atoms with Gasteiger partial charge in [-0.3, -0.25) is 0 Å². The van der Waals surface area contributed by atoms with Gasteiger partial charge in [0.1, 0.15) is 13.7 Å². The van der Waals surface area contributed by atoms with E-state index in [9.17, 15) is 4.39 Å². The van der Waals surface area contributed by atoms with Crippen molar-refractivity contribution < 1.29 is 4.39 Å². The molecule has 1 aromatic rings. The van der Waals surface area contributed by atoms with E-state index in [-0.39, 0.29) is 5.82 Å². The molecule has 0 saturated carbocycles. The first-order valence-electron chi connectivity index (χ1n) is 2.72. The maximum atomic E-state index is 12.8. The molecule has 0 aliphatic rings. The summed E-state index contributed by atoms with van der Waals surface area (Å²) >= 11 is 4.13. The Bertz CT molecular complexity index is 239. The highest BCUT2D eigenvalue weighted by atomic mass is 127. The highest BCUT2D eigenvalue weighted by Crippen LogP contribution is 2.15. The minimum Gasteiger partial charge on any atom is -0.206 e. The summed E-state index contributed by atoms with van der Waals surface area (Å²) in [5, 5.41) is 0. The third-order valence-corrected chi connectivity index (χ3v) is 4.11. The second-order valence-electron chi connectivity index (χ2n) is 2.04. The van der Waals surface area contributed by atoms with Crippen molar-refractivity contribution >= 4 is 58.5 Å². The van der Waals surface area contributed by atoms with Gasteiger partial charge in [-0.15, -0.1) is 0 Å². The highest BCUT2D eigenvalue weighted by Gasteiger charge is 2.02. The lowest BCUT2D eigenvalue weighted by atomic mass is 9.97. The van der Waals surface area contributed by atoms with E-state index in [1.165, 1.54) is 0 Å². The maximum Gasteiger partial charge on any atom is 0.139 e. The van der Waals surface area contributed by atoms with E-state index in [4.69, 9.17) is 0 Å². The van der Waals surface area contributed by atoms with Gasteiger partial charge >= 0.3 is 0 Å². The molecule has 0 fully saturated rings. The molecule has 0 bridgehead atoms. The van der Waals surface area contributed by atoms with Crippen LogP contribution in [-0.4, -0.2) is 7.85 Å². The first-order valence-corrected chi connectivity index (χ1v) is 4.88. The van der Waals surface area contributed by atoms with Crippen molar-refractivity contribution in [1.82, 2.24) is 0 Å². The van der Waals surface area contributed by atoms with Gasteiger partial charge in [-0.2, -0.15) is 0 Å². The molecule has 52 valence electrons. The van der Waals surface area contributed by atoms with E-state index in [1.54, 1.807) is 6.07 Å². The number of rotatable bonds is 0. The Labute approximate surface area is 87.3 Å². The molecule has 1 rings (SSSR count). The Morgan fingerprint density at radius 1 is 1.30 bits per heavy atom. The third kappa shape index (κ3) is 1.84. The van der Waals surface area contributed by atoms with Crippen LogP contribution in [0.25, 0.3) is 0 Å².